The van der Waals surface area contributed by atoms with E-state index in [-0.39, 0.29) is 5.41 Å². The number of benzene rings is 1. The van der Waals surface area contributed by atoms with Gasteiger partial charge in [0.15, 0.2) is 0 Å². The van der Waals surface area contributed by atoms with E-state index in [0.717, 1.165) is 12.8 Å². The predicted molar refractivity (Wildman–Crippen MR) is 52.8 cm³/mol. The molecule has 1 heteroatoms. The van der Waals surface area contributed by atoms with Crippen LogP contribution >= 0.6 is 0 Å². The van der Waals surface area contributed by atoms with Gasteiger partial charge in [-0.1, -0.05) is 29.8 Å². The fraction of sp³-hybridized carbons (Fsp3) is 0.417. The van der Waals surface area contributed by atoms with E-state index < -0.39 is 0 Å². The number of aryl methyl sites for hydroxylation is 1. The molecule has 68 valence electrons. The summed E-state index contributed by atoms with van der Waals surface area (Å²) in [5.74, 6) is 0.386. The van der Waals surface area contributed by atoms with Crippen molar-refractivity contribution in [2.24, 2.45) is 0 Å². The third kappa shape index (κ3) is 1.19. The van der Waals surface area contributed by atoms with Crippen LogP contribution in [0.2, 0.25) is 0 Å². The highest BCUT2D eigenvalue weighted by molar-refractivity contribution is 5.95. The summed E-state index contributed by atoms with van der Waals surface area (Å²) in [6.45, 7) is 4.11. The number of carbonyl (C=O) groups is 1. The van der Waals surface area contributed by atoms with Gasteiger partial charge in [0.05, 0.1) is 5.41 Å². The van der Waals surface area contributed by atoms with E-state index in [1.807, 2.05) is 6.92 Å². The number of Topliss-reactive ketones (excluding diaryl/α,β-unsaturated/α-hetero) is 1. The molecule has 1 saturated carbocycles. The normalized spacial score (nSPS) is 27.1. The largest absolute Gasteiger partial charge is 0.299 e. The van der Waals surface area contributed by atoms with Crippen LogP contribution in [-0.2, 0) is 10.2 Å². The first-order chi connectivity index (χ1) is 6.13. The van der Waals surface area contributed by atoms with Crippen molar-refractivity contribution in [3.8, 4) is 0 Å². The Bertz CT molecular complexity index is 337. The minimum atomic E-state index is -0.173. The lowest BCUT2D eigenvalue weighted by Crippen LogP contribution is -2.41. The van der Waals surface area contributed by atoms with E-state index in [4.69, 9.17) is 0 Å². The summed E-state index contributed by atoms with van der Waals surface area (Å²) < 4.78 is 0. The zero-order valence-corrected chi connectivity index (χ0v) is 8.13. The molecule has 0 N–H and O–H groups in total. The zero-order valence-electron chi connectivity index (χ0n) is 8.13. The van der Waals surface area contributed by atoms with Crippen LogP contribution in [0.1, 0.15) is 30.9 Å². The smallest absolute Gasteiger partial charge is 0.143 e. The molecule has 0 amide bonds. The summed E-state index contributed by atoms with van der Waals surface area (Å²) in [7, 11) is 0. The van der Waals surface area contributed by atoms with Crippen molar-refractivity contribution in [3.63, 3.8) is 0 Å². The molecular weight excluding hydrogens is 160 g/mol. The maximum absolute atomic E-state index is 11.4. The molecule has 0 aliphatic heterocycles. The second-order valence-corrected chi connectivity index (χ2v) is 4.12. The molecule has 1 aromatic carbocycles. The van der Waals surface area contributed by atoms with Crippen LogP contribution in [-0.4, -0.2) is 5.78 Å². The SMILES string of the molecule is Cc1ccc([C@]2(C)CCC2=O)cc1. The molecule has 0 radical (unpaired) electrons. The number of ketones is 1. The second kappa shape index (κ2) is 2.69. The van der Waals surface area contributed by atoms with Crippen molar-refractivity contribution >= 4 is 5.78 Å². The first kappa shape index (κ1) is 8.49. The molecule has 0 saturated heterocycles. The average Bonchev–Trinajstić information content (AvgIpc) is 2.15. The molecule has 0 unspecified atom stereocenters. The van der Waals surface area contributed by atoms with Crippen LogP contribution < -0.4 is 0 Å². The summed E-state index contributed by atoms with van der Waals surface area (Å²) in [5.41, 5.74) is 2.25. The van der Waals surface area contributed by atoms with Crippen LogP contribution in [0, 0.1) is 6.92 Å². The van der Waals surface area contributed by atoms with Gasteiger partial charge in [0, 0.05) is 6.42 Å². The molecular formula is C12H14O. The Kier molecular flexibility index (Phi) is 1.76. The summed E-state index contributed by atoms with van der Waals surface area (Å²) >= 11 is 0. The monoisotopic (exact) mass is 174 g/mol. The van der Waals surface area contributed by atoms with Crippen LogP contribution in [0.3, 0.4) is 0 Å². The topological polar surface area (TPSA) is 17.1 Å². The maximum Gasteiger partial charge on any atom is 0.143 e. The molecule has 1 nitrogen and oxygen atoms in total. The molecule has 1 aromatic rings. The summed E-state index contributed by atoms with van der Waals surface area (Å²) in [6.07, 6.45) is 1.76. The molecule has 1 atom stereocenters. The number of hydrogen-bond acceptors (Lipinski definition) is 1. The van der Waals surface area contributed by atoms with Crippen molar-refractivity contribution < 1.29 is 4.79 Å². The number of hydrogen-bond donors (Lipinski definition) is 0. The maximum atomic E-state index is 11.4. The third-order valence-electron chi connectivity index (χ3n) is 3.16. The molecule has 0 spiro atoms. The van der Waals surface area contributed by atoms with E-state index >= 15 is 0 Å². The lowest BCUT2D eigenvalue weighted by Gasteiger charge is -2.36. The molecule has 0 aromatic heterocycles. The molecule has 1 aliphatic rings. The van der Waals surface area contributed by atoms with E-state index in [2.05, 4.69) is 31.2 Å². The van der Waals surface area contributed by atoms with Crippen molar-refractivity contribution in [3.05, 3.63) is 35.4 Å². The van der Waals surface area contributed by atoms with Gasteiger partial charge < -0.3 is 0 Å². The van der Waals surface area contributed by atoms with Gasteiger partial charge in [0.25, 0.3) is 0 Å². The average molecular weight is 174 g/mol. The lowest BCUT2D eigenvalue weighted by molar-refractivity contribution is -0.130. The fourth-order valence-corrected chi connectivity index (χ4v) is 1.83. The van der Waals surface area contributed by atoms with Gasteiger partial charge in [-0.3, -0.25) is 4.79 Å². The van der Waals surface area contributed by atoms with Crippen molar-refractivity contribution in [2.45, 2.75) is 32.1 Å². The highest BCUT2D eigenvalue weighted by Crippen LogP contribution is 2.39. The Morgan fingerprint density at radius 3 is 2.23 bits per heavy atom. The van der Waals surface area contributed by atoms with Gasteiger partial charge >= 0.3 is 0 Å². The molecule has 0 heterocycles. The Morgan fingerprint density at radius 2 is 1.85 bits per heavy atom. The van der Waals surface area contributed by atoms with E-state index in [1.54, 1.807) is 0 Å². The Labute approximate surface area is 78.8 Å². The highest BCUT2D eigenvalue weighted by atomic mass is 16.1. The fourth-order valence-electron chi connectivity index (χ4n) is 1.83. The van der Waals surface area contributed by atoms with Crippen molar-refractivity contribution in [1.29, 1.82) is 0 Å². The molecule has 0 bridgehead atoms. The van der Waals surface area contributed by atoms with Gasteiger partial charge in [-0.25, -0.2) is 0 Å². The van der Waals surface area contributed by atoms with Crippen molar-refractivity contribution in [2.75, 3.05) is 0 Å². The Balaban J connectivity index is 2.35. The molecule has 13 heavy (non-hydrogen) atoms. The first-order valence-electron chi connectivity index (χ1n) is 4.73. The second-order valence-electron chi connectivity index (χ2n) is 4.12. The van der Waals surface area contributed by atoms with Crippen LogP contribution in [0.15, 0.2) is 24.3 Å². The van der Waals surface area contributed by atoms with Gasteiger partial charge in [0.2, 0.25) is 0 Å². The van der Waals surface area contributed by atoms with E-state index in [9.17, 15) is 4.79 Å². The van der Waals surface area contributed by atoms with Gasteiger partial charge in [-0.15, -0.1) is 0 Å². The van der Waals surface area contributed by atoms with Crippen molar-refractivity contribution in [1.82, 2.24) is 0 Å². The predicted octanol–water partition coefficient (Wildman–Crippen LogP) is 2.62. The summed E-state index contributed by atoms with van der Waals surface area (Å²) in [5, 5.41) is 0. The van der Waals surface area contributed by atoms with Gasteiger partial charge in [-0.2, -0.15) is 0 Å². The minimum absolute atomic E-state index is 0.173. The van der Waals surface area contributed by atoms with Crippen LogP contribution in [0.5, 0.6) is 0 Å². The first-order valence-corrected chi connectivity index (χ1v) is 4.73. The summed E-state index contributed by atoms with van der Waals surface area (Å²) in [4.78, 5) is 11.4. The standard InChI is InChI=1S/C12H14O/c1-9-3-5-10(6-4-9)12(2)8-7-11(12)13/h3-6H,7-8H2,1-2H3/t12-/m0/s1. The number of rotatable bonds is 1. The quantitative estimate of drug-likeness (QED) is 0.639. The van der Waals surface area contributed by atoms with E-state index in [0.29, 0.717) is 5.78 Å². The van der Waals surface area contributed by atoms with Gasteiger partial charge in [-0.05, 0) is 25.8 Å². The van der Waals surface area contributed by atoms with Gasteiger partial charge in [0.1, 0.15) is 5.78 Å². The lowest BCUT2D eigenvalue weighted by atomic mass is 9.65. The molecule has 2 rings (SSSR count). The van der Waals surface area contributed by atoms with E-state index in [1.165, 1.54) is 11.1 Å². The third-order valence-corrected chi connectivity index (χ3v) is 3.16. The number of carbonyl (C=O) groups excluding carboxylic acids is 1. The Morgan fingerprint density at radius 1 is 1.23 bits per heavy atom. The Hall–Kier alpha value is -1.11. The van der Waals surface area contributed by atoms with Crippen LogP contribution in [0.4, 0.5) is 0 Å². The summed E-state index contributed by atoms with van der Waals surface area (Å²) in [6, 6.07) is 8.30. The van der Waals surface area contributed by atoms with Crippen LogP contribution in [0.25, 0.3) is 0 Å². The minimum Gasteiger partial charge on any atom is -0.299 e. The highest BCUT2D eigenvalue weighted by Gasteiger charge is 2.42. The molecule has 1 aliphatic carbocycles. The zero-order chi connectivity index (χ0) is 9.47. The molecule has 1 fully saturated rings.